The first-order valence-corrected chi connectivity index (χ1v) is 37.7. The first kappa shape index (κ1) is 106. The highest BCUT2D eigenvalue weighted by atomic mass is 16.8. The van der Waals surface area contributed by atoms with E-state index in [4.69, 9.17) is 152 Å². The summed E-state index contributed by atoms with van der Waals surface area (Å²) >= 11 is 0. The smallest absolute Gasteiger partial charge is 0.186 e. The predicted molar refractivity (Wildman–Crippen MR) is 403 cm³/mol. The molecule has 7 fully saturated rings. The van der Waals surface area contributed by atoms with Gasteiger partial charge in [0.05, 0.1) is 113 Å². The average molecular weight is 1590 g/mol. The van der Waals surface area contributed by atoms with E-state index in [0.29, 0.717) is 81.8 Å². The Bertz CT molecular complexity index is 1890. The van der Waals surface area contributed by atoms with E-state index in [9.17, 15) is 0 Å². The zero-order valence-electron chi connectivity index (χ0n) is 73.2. The fourth-order valence-electron chi connectivity index (χ4n) is 15.1. The number of rotatable bonds is 32. The van der Waals surface area contributed by atoms with Gasteiger partial charge in [-0.2, -0.15) is 0 Å². The Kier molecular flexibility index (Phi) is 56.8. The summed E-state index contributed by atoms with van der Waals surface area (Å²) in [5, 5.41) is 0. The van der Waals surface area contributed by atoms with Crippen LogP contribution in [0.5, 0.6) is 0 Å². The van der Waals surface area contributed by atoms with Gasteiger partial charge in [0.25, 0.3) is 0 Å². The van der Waals surface area contributed by atoms with Crippen molar-refractivity contribution in [1.82, 2.24) is 0 Å². The Morgan fingerprint density at radius 2 is 0.257 bits per heavy atom. The van der Waals surface area contributed by atoms with E-state index >= 15 is 0 Å². The number of ether oxygens (including phenoxy) is 32. The van der Waals surface area contributed by atoms with E-state index in [-0.39, 0.29) is 152 Å². The molecule has 7 heterocycles. The molecule has 0 aromatic carbocycles. The van der Waals surface area contributed by atoms with Crippen molar-refractivity contribution >= 4 is 0 Å². The fourth-order valence-corrected chi connectivity index (χ4v) is 15.1. The van der Waals surface area contributed by atoms with E-state index in [1.165, 1.54) is 0 Å². The quantitative estimate of drug-likeness (QED) is 0.0689. The Hall–Kier alpha value is -1.28. The molecule has 0 aromatic heterocycles. The van der Waals surface area contributed by atoms with Gasteiger partial charge < -0.3 is 152 Å². The maximum atomic E-state index is 5.79. The van der Waals surface area contributed by atoms with Crippen molar-refractivity contribution in [1.29, 1.82) is 0 Å². The first-order valence-electron chi connectivity index (χ1n) is 37.7. The predicted octanol–water partition coefficient (Wildman–Crippen LogP) is 6.55. The zero-order valence-corrected chi connectivity index (χ0v) is 73.2. The molecule has 0 aromatic rings. The van der Waals surface area contributed by atoms with Gasteiger partial charge in [-0.15, -0.1) is 0 Å². The van der Waals surface area contributed by atoms with Crippen LogP contribution in [0.4, 0.5) is 0 Å². The maximum Gasteiger partial charge on any atom is 0.186 e. The van der Waals surface area contributed by atoms with Crippen LogP contribution in [0.2, 0.25) is 0 Å². The number of hydrogen-bond acceptors (Lipinski definition) is 32. The number of methoxy groups -OCH3 is 25. The van der Waals surface area contributed by atoms with Gasteiger partial charge in [-0.1, -0.05) is 69.2 Å². The van der Waals surface area contributed by atoms with Gasteiger partial charge in [-0.05, 0) is 35.5 Å². The van der Waals surface area contributed by atoms with Crippen LogP contribution in [0.3, 0.4) is 0 Å². The summed E-state index contributed by atoms with van der Waals surface area (Å²) < 4.78 is 173. The summed E-state index contributed by atoms with van der Waals surface area (Å²) in [5.41, 5.74) is 0. The molecule has 109 heavy (non-hydrogen) atoms. The van der Waals surface area contributed by atoms with Gasteiger partial charge >= 0.3 is 0 Å². The van der Waals surface area contributed by atoms with Crippen molar-refractivity contribution in [2.24, 2.45) is 59.2 Å². The Labute approximate surface area is 655 Å². The van der Waals surface area contributed by atoms with Crippen molar-refractivity contribution in [3.63, 3.8) is 0 Å². The van der Waals surface area contributed by atoms with Crippen LogP contribution in [0, 0.1) is 59.2 Å². The molecule has 0 aliphatic carbocycles. The van der Waals surface area contributed by atoms with Gasteiger partial charge in [0, 0.05) is 201 Å². The molecule has 0 spiro atoms. The van der Waals surface area contributed by atoms with Gasteiger partial charge in [-0.25, -0.2) is 0 Å². The molecule has 0 saturated carbocycles. The minimum atomic E-state index is -0.411. The summed E-state index contributed by atoms with van der Waals surface area (Å²) in [7, 11) is 41.3. The van der Waals surface area contributed by atoms with Crippen molar-refractivity contribution in [2.45, 2.75) is 223 Å². The molecule has 654 valence electrons. The lowest BCUT2D eigenvalue weighted by Gasteiger charge is -2.43. The SMILES string of the molecule is COCC1OC(OC)C(OC)C(C)[C@@H]1C.COCC1OC(OC)C(OC)C(C)[C@@H]1C.COCC1OC(OC)C(OC)C(C)[C@@H]1C.COCC1OC(OC)C(OC)C(OC)[C@@H]1C.COCC1OC(OC)C(OC)C(OC)[C@@H]1C.COCC1OC(OC)C(OC)C(OC)[C@@H]1C.COCC1OC(OC)C(OC)C(OC)[C@@H]1C. The molecule has 7 rings (SSSR count). The third-order valence-electron chi connectivity index (χ3n) is 22.5. The summed E-state index contributed by atoms with van der Waals surface area (Å²) in [6.07, 6.45) is -3.46. The summed E-state index contributed by atoms with van der Waals surface area (Å²) in [6, 6.07) is 0. The Morgan fingerprint density at radius 3 is 0.367 bits per heavy atom. The molecule has 0 radical (unpaired) electrons. The van der Waals surface area contributed by atoms with Crippen LogP contribution >= 0.6 is 0 Å². The van der Waals surface area contributed by atoms with Crippen LogP contribution in [0.1, 0.15) is 69.2 Å². The second kappa shape index (κ2) is 58.6. The molecular formula is C77H154O32. The van der Waals surface area contributed by atoms with Crippen LogP contribution < -0.4 is 0 Å². The molecule has 0 amide bonds. The van der Waals surface area contributed by atoms with E-state index in [0.717, 1.165) is 0 Å². The average Bonchev–Trinajstić information content (AvgIpc) is 0.740. The minimum absolute atomic E-state index is 0.00175. The van der Waals surface area contributed by atoms with E-state index in [1.54, 1.807) is 178 Å². The van der Waals surface area contributed by atoms with E-state index in [2.05, 4.69) is 69.2 Å². The first-order chi connectivity index (χ1) is 52.2. The normalized spacial score (nSPS) is 40.7. The lowest BCUT2D eigenvalue weighted by atomic mass is 9.83. The highest BCUT2D eigenvalue weighted by Gasteiger charge is 2.50. The molecular weight excluding hydrogens is 1440 g/mol. The monoisotopic (exact) mass is 1590 g/mol. The largest absolute Gasteiger partial charge is 0.382 e. The molecule has 7 aliphatic heterocycles. The van der Waals surface area contributed by atoms with Crippen LogP contribution in [-0.2, 0) is 152 Å². The Morgan fingerprint density at radius 1 is 0.138 bits per heavy atom. The summed E-state index contributed by atoms with van der Waals surface area (Å²) in [4.78, 5) is 0. The molecule has 0 bridgehead atoms. The maximum absolute atomic E-state index is 5.79. The van der Waals surface area contributed by atoms with Crippen LogP contribution in [-0.4, -0.2) is 378 Å². The highest BCUT2D eigenvalue weighted by molar-refractivity contribution is 4.94. The standard InChI is InChI=1S/4C11H22O5.3C11H22O4/c4*1-7-8(6-12-2)16-11(15-5)10(14-4)9(7)13-3;3*1-7-8(2)10(13-4)11(14-5)15-9(7)6-12-3/h4*7-11H,6H2,1-5H3;3*7-11H,6H2,1-5H3/t7*7-,8?,9?,10?,11?/m1111000/s1. The fraction of sp³-hybridized carbons (Fsp3) is 1.00. The molecule has 32 heteroatoms. The highest BCUT2D eigenvalue weighted by Crippen LogP contribution is 2.38. The zero-order chi connectivity index (χ0) is 82.8. The van der Waals surface area contributed by atoms with Crippen LogP contribution in [0.15, 0.2) is 0 Å². The second-order valence-electron chi connectivity index (χ2n) is 28.4. The van der Waals surface area contributed by atoms with Gasteiger partial charge in [0.15, 0.2) is 44.0 Å². The Balaban J connectivity index is 0.000000636. The molecule has 28 unspecified atom stereocenters. The van der Waals surface area contributed by atoms with Crippen molar-refractivity contribution < 1.29 is 152 Å². The summed E-state index contributed by atoms with van der Waals surface area (Å²) in [5.74, 6) is 3.19. The topological polar surface area (TPSA) is 295 Å². The van der Waals surface area contributed by atoms with Gasteiger partial charge in [-0.3, -0.25) is 0 Å². The lowest BCUT2D eigenvalue weighted by Crippen LogP contribution is -2.56. The molecule has 35 atom stereocenters. The minimum Gasteiger partial charge on any atom is -0.382 e. The summed E-state index contributed by atoms with van der Waals surface area (Å²) in [6.45, 7) is 25.1. The van der Waals surface area contributed by atoms with Gasteiger partial charge in [0.2, 0.25) is 0 Å². The molecule has 7 aliphatic rings. The third kappa shape index (κ3) is 30.6. The molecule has 7 saturated heterocycles. The third-order valence-corrected chi connectivity index (χ3v) is 22.5. The van der Waals surface area contributed by atoms with Crippen molar-refractivity contribution in [3.8, 4) is 0 Å². The molecule has 0 N–H and O–H groups in total. The lowest BCUT2D eigenvalue weighted by molar-refractivity contribution is -0.290. The molecule has 32 nitrogen and oxygen atoms in total. The van der Waals surface area contributed by atoms with E-state index < -0.39 is 25.2 Å². The van der Waals surface area contributed by atoms with Crippen molar-refractivity contribution in [3.05, 3.63) is 0 Å². The number of hydrogen-bond donors (Lipinski definition) is 0. The second-order valence-corrected chi connectivity index (χ2v) is 28.4. The van der Waals surface area contributed by atoms with Crippen molar-refractivity contribution in [2.75, 3.05) is 224 Å². The van der Waals surface area contributed by atoms with E-state index in [1.807, 2.05) is 0 Å². The van der Waals surface area contributed by atoms with Crippen LogP contribution in [0.25, 0.3) is 0 Å². The van der Waals surface area contributed by atoms with Gasteiger partial charge in [0.1, 0.15) is 42.7 Å².